The molecule has 2 nitrogen and oxygen atoms in total. The van der Waals surface area contributed by atoms with Crippen molar-refractivity contribution < 1.29 is 13.2 Å². The van der Waals surface area contributed by atoms with E-state index in [4.69, 9.17) is 11.6 Å². The van der Waals surface area contributed by atoms with Crippen LogP contribution in [-0.4, -0.2) is 16.9 Å². The molecule has 0 saturated carbocycles. The highest BCUT2D eigenvalue weighted by Gasteiger charge is 2.34. The fraction of sp³-hybridized carbons (Fsp3) is 0.500. The molecule has 0 saturated heterocycles. The zero-order valence-electron chi connectivity index (χ0n) is 8.68. The molecule has 0 spiro atoms. The monoisotopic (exact) mass is 252 g/mol. The lowest BCUT2D eigenvalue weighted by atomic mass is 10.2. The van der Waals surface area contributed by atoms with Crippen molar-refractivity contribution in [1.82, 2.24) is 4.98 Å². The minimum atomic E-state index is -4.40. The summed E-state index contributed by atoms with van der Waals surface area (Å²) in [6, 6.07) is 2.05. The van der Waals surface area contributed by atoms with Crippen LogP contribution >= 0.6 is 11.6 Å². The Kier molecular flexibility index (Phi) is 4.41. The van der Waals surface area contributed by atoms with Gasteiger partial charge in [0, 0.05) is 18.1 Å². The second-order valence-electron chi connectivity index (χ2n) is 3.30. The molecular weight excluding hydrogens is 241 g/mol. The lowest BCUT2D eigenvalue weighted by Gasteiger charge is -2.18. The van der Waals surface area contributed by atoms with Crippen molar-refractivity contribution in [2.75, 3.05) is 11.2 Å². The minimum Gasteiger partial charge on any atom is -0.366 e. The minimum absolute atomic E-state index is 0.164. The third kappa shape index (κ3) is 3.27. The van der Waals surface area contributed by atoms with Crippen LogP contribution in [0.3, 0.4) is 0 Å². The number of hydrogen-bond donors (Lipinski definition) is 1. The Morgan fingerprint density at radius 1 is 1.50 bits per heavy atom. The number of pyridine rings is 1. The summed E-state index contributed by atoms with van der Waals surface area (Å²) in [4.78, 5) is 3.69. The van der Waals surface area contributed by atoms with Gasteiger partial charge in [0.05, 0.1) is 5.56 Å². The first-order valence-electron chi connectivity index (χ1n) is 4.83. The Morgan fingerprint density at radius 3 is 2.69 bits per heavy atom. The topological polar surface area (TPSA) is 24.9 Å². The summed E-state index contributed by atoms with van der Waals surface area (Å²) in [6.07, 6.45) is -2.45. The number of anilines is 1. The zero-order valence-corrected chi connectivity index (χ0v) is 9.44. The second-order valence-corrected chi connectivity index (χ2v) is 3.61. The summed E-state index contributed by atoms with van der Waals surface area (Å²) in [5.74, 6) is 0.0761. The lowest BCUT2D eigenvalue weighted by Crippen LogP contribution is -2.23. The largest absolute Gasteiger partial charge is 0.419 e. The van der Waals surface area contributed by atoms with Crippen LogP contribution in [0.2, 0.25) is 0 Å². The number of nitrogens with zero attached hydrogens (tertiary/aromatic N) is 1. The SMILES string of the molecule is CCC(CCl)Nc1ncccc1C(F)(F)F. The van der Waals surface area contributed by atoms with Crippen molar-refractivity contribution in [2.45, 2.75) is 25.6 Å². The molecule has 0 aromatic carbocycles. The summed E-state index contributed by atoms with van der Waals surface area (Å²) in [5, 5.41) is 2.69. The van der Waals surface area contributed by atoms with Gasteiger partial charge in [-0.15, -0.1) is 11.6 Å². The predicted molar refractivity (Wildman–Crippen MR) is 57.7 cm³/mol. The van der Waals surface area contributed by atoms with E-state index < -0.39 is 11.7 Å². The molecule has 0 bridgehead atoms. The molecule has 90 valence electrons. The average Bonchev–Trinajstić information content (AvgIpc) is 2.25. The summed E-state index contributed by atoms with van der Waals surface area (Å²) in [6.45, 7) is 1.84. The summed E-state index contributed by atoms with van der Waals surface area (Å²) >= 11 is 5.61. The molecule has 1 aromatic heterocycles. The van der Waals surface area contributed by atoms with Gasteiger partial charge in [-0.25, -0.2) is 4.98 Å². The van der Waals surface area contributed by atoms with Gasteiger partial charge in [0.2, 0.25) is 0 Å². The fourth-order valence-corrected chi connectivity index (χ4v) is 1.49. The Hall–Kier alpha value is -0.970. The fourth-order valence-electron chi connectivity index (χ4n) is 1.19. The molecule has 0 aliphatic carbocycles. The molecule has 0 fully saturated rings. The lowest BCUT2D eigenvalue weighted by molar-refractivity contribution is -0.137. The first kappa shape index (κ1) is 13.1. The molecule has 0 radical (unpaired) electrons. The van der Waals surface area contributed by atoms with Gasteiger partial charge in [0.1, 0.15) is 5.82 Å². The highest BCUT2D eigenvalue weighted by Crippen LogP contribution is 2.33. The van der Waals surface area contributed by atoms with Crippen LogP contribution in [-0.2, 0) is 6.18 Å². The molecule has 1 atom stereocenters. The third-order valence-corrected chi connectivity index (χ3v) is 2.51. The first-order chi connectivity index (χ1) is 7.49. The van der Waals surface area contributed by atoms with Crippen molar-refractivity contribution in [2.24, 2.45) is 0 Å². The van der Waals surface area contributed by atoms with Crippen LogP contribution in [0.1, 0.15) is 18.9 Å². The molecule has 1 rings (SSSR count). The summed E-state index contributed by atoms with van der Waals surface area (Å²) in [7, 11) is 0. The van der Waals surface area contributed by atoms with E-state index in [0.29, 0.717) is 6.42 Å². The van der Waals surface area contributed by atoms with Gasteiger partial charge < -0.3 is 5.32 Å². The number of alkyl halides is 4. The Balaban J connectivity index is 2.95. The standard InChI is InChI=1S/C10H12ClF3N2/c1-2-7(6-11)16-9-8(10(12,13)14)4-3-5-15-9/h3-5,7H,2,6H2,1H3,(H,15,16). The highest BCUT2D eigenvalue weighted by molar-refractivity contribution is 6.18. The number of aromatic nitrogens is 1. The van der Waals surface area contributed by atoms with E-state index in [9.17, 15) is 13.2 Å². The maximum absolute atomic E-state index is 12.6. The van der Waals surface area contributed by atoms with Gasteiger partial charge >= 0.3 is 6.18 Å². The number of hydrogen-bond acceptors (Lipinski definition) is 2. The average molecular weight is 253 g/mol. The van der Waals surface area contributed by atoms with Gasteiger partial charge in [0.25, 0.3) is 0 Å². The molecule has 16 heavy (non-hydrogen) atoms. The molecule has 6 heteroatoms. The molecule has 1 heterocycles. The summed E-state index contributed by atoms with van der Waals surface area (Å²) in [5.41, 5.74) is -0.765. The first-order valence-corrected chi connectivity index (χ1v) is 5.37. The van der Waals surface area contributed by atoms with Gasteiger partial charge in [-0.3, -0.25) is 0 Å². The quantitative estimate of drug-likeness (QED) is 0.830. The molecule has 1 N–H and O–H groups in total. The van der Waals surface area contributed by atoms with Crippen molar-refractivity contribution in [1.29, 1.82) is 0 Å². The number of halogens is 4. The van der Waals surface area contributed by atoms with Crippen molar-refractivity contribution in [3.05, 3.63) is 23.9 Å². The molecule has 0 aliphatic rings. The normalized spacial score (nSPS) is 13.6. The van der Waals surface area contributed by atoms with Crippen LogP contribution in [0, 0.1) is 0 Å². The van der Waals surface area contributed by atoms with Crippen LogP contribution in [0.15, 0.2) is 18.3 Å². The van der Waals surface area contributed by atoms with Gasteiger partial charge in [0.15, 0.2) is 0 Å². The van der Waals surface area contributed by atoms with E-state index in [1.807, 2.05) is 6.92 Å². The van der Waals surface area contributed by atoms with Crippen LogP contribution < -0.4 is 5.32 Å². The predicted octanol–water partition coefficient (Wildman–Crippen LogP) is 3.53. The van der Waals surface area contributed by atoms with Crippen molar-refractivity contribution in [3.8, 4) is 0 Å². The third-order valence-electron chi connectivity index (χ3n) is 2.13. The van der Waals surface area contributed by atoms with Gasteiger partial charge in [-0.2, -0.15) is 13.2 Å². The number of nitrogens with one attached hydrogen (secondary N) is 1. The number of rotatable bonds is 4. The van der Waals surface area contributed by atoms with E-state index in [0.717, 1.165) is 6.07 Å². The van der Waals surface area contributed by atoms with Gasteiger partial charge in [-0.05, 0) is 18.6 Å². The van der Waals surface area contributed by atoms with Crippen LogP contribution in [0.25, 0.3) is 0 Å². The maximum atomic E-state index is 12.6. The Morgan fingerprint density at radius 2 is 2.19 bits per heavy atom. The maximum Gasteiger partial charge on any atom is 0.419 e. The van der Waals surface area contributed by atoms with Crippen molar-refractivity contribution >= 4 is 17.4 Å². The molecule has 1 aromatic rings. The van der Waals surface area contributed by atoms with E-state index in [-0.39, 0.29) is 17.7 Å². The molecule has 0 aliphatic heterocycles. The Bertz CT molecular complexity index is 337. The van der Waals surface area contributed by atoms with E-state index in [2.05, 4.69) is 10.3 Å². The van der Waals surface area contributed by atoms with E-state index in [1.54, 1.807) is 0 Å². The van der Waals surface area contributed by atoms with Gasteiger partial charge in [-0.1, -0.05) is 6.92 Å². The van der Waals surface area contributed by atoms with E-state index in [1.165, 1.54) is 12.3 Å². The second kappa shape index (κ2) is 5.39. The van der Waals surface area contributed by atoms with Crippen LogP contribution in [0.4, 0.5) is 19.0 Å². The highest BCUT2D eigenvalue weighted by atomic mass is 35.5. The summed E-state index contributed by atoms with van der Waals surface area (Å²) < 4.78 is 37.8. The zero-order chi connectivity index (χ0) is 12.2. The molecule has 0 amide bonds. The molecule has 1 unspecified atom stereocenters. The van der Waals surface area contributed by atoms with Crippen molar-refractivity contribution in [3.63, 3.8) is 0 Å². The van der Waals surface area contributed by atoms with Crippen LogP contribution in [0.5, 0.6) is 0 Å². The van der Waals surface area contributed by atoms with E-state index >= 15 is 0 Å². The molecular formula is C10H12ClF3N2. The Labute approximate surface area is 96.8 Å². The smallest absolute Gasteiger partial charge is 0.366 e.